The molecule has 0 spiro atoms. The molecule has 1 aliphatic heterocycles. The van der Waals surface area contributed by atoms with Crippen LogP contribution in [0, 0.1) is 0 Å². The fraction of sp³-hybridized carbons (Fsp3) is 0.333. The van der Waals surface area contributed by atoms with E-state index in [4.69, 9.17) is 9.72 Å². The number of sulfone groups is 1. The minimum atomic E-state index is -3.44. The zero-order chi connectivity index (χ0) is 22.9. The molecule has 0 saturated carbocycles. The maximum atomic E-state index is 13.3. The number of nitrogens with zero attached hydrogens (tertiary/aromatic N) is 3. The molecule has 32 heavy (non-hydrogen) atoms. The Kier molecular flexibility index (Phi) is 6.06. The summed E-state index contributed by atoms with van der Waals surface area (Å²) >= 11 is 0. The smallest absolute Gasteiger partial charge is 0.257 e. The van der Waals surface area contributed by atoms with E-state index in [1.54, 1.807) is 11.0 Å². The topological polar surface area (TPSA) is 79.8 Å². The summed E-state index contributed by atoms with van der Waals surface area (Å²) in [4.78, 5) is 22.1. The Balaban J connectivity index is 1.53. The summed E-state index contributed by atoms with van der Waals surface area (Å²) in [5, 5.41) is 1.09. The molecule has 0 radical (unpaired) electrons. The molecule has 0 aliphatic carbocycles. The minimum Gasteiger partial charge on any atom is -0.490 e. The summed E-state index contributed by atoms with van der Waals surface area (Å²) in [5.41, 5.74) is 1.22. The summed E-state index contributed by atoms with van der Waals surface area (Å²) in [6, 6.07) is 16.5. The number of hydrogen-bond donors (Lipinski definition) is 0. The van der Waals surface area contributed by atoms with E-state index in [0.717, 1.165) is 23.0 Å². The molecule has 1 aliphatic rings. The molecule has 0 N–H and O–H groups in total. The quantitative estimate of drug-likeness (QED) is 0.589. The first-order valence-electron chi connectivity index (χ1n) is 10.6. The van der Waals surface area contributed by atoms with Gasteiger partial charge in [-0.3, -0.25) is 4.79 Å². The largest absolute Gasteiger partial charge is 0.490 e. The second-order valence-electron chi connectivity index (χ2n) is 8.24. The van der Waals surface area contributed by atoms with Crippen LogP contribution >= 0.6 is 0 Å². The molecular formula is C24H27N3O4S. The van der Waals surface area contributed by atoms with Crippen LogP contribution in [0.1, 0.15) is 24.2 Å². The van der Waals surface area contributed by atoms with Crippen molar-refractivity contribution in [3.05, 3.63) is 60.2 Å². The highest BCUT2D eigenvalue weighted by molar-refractivity contribution is 7.90. The normalized spacial score (nSPS) is 14.8. The van der Waals surface area contributed by atoms with Gasteiger partial charge in [0.05, 0.1) is 22.1 Å². The number of amides is 1. The van der Waals surface area contributed by atoms with Gasteiger partial charge in [-0.15, -0.1) is 0 Å². The monoisotopic (exact) mass is 453 g/mol. The number of piperazine rings is 1. The molecule has 8 heteroatoms. The van der Waals surface area contributed by atoms with Crippen molar-refractivity contribution in [3.63, 3.8) is 0 Å². The number of hydrogen-bond acceptors (Lipinski definition) is 6. The average Bonchev–Trinajstić information content (AvgIpc) is 2.77. The molecule has 1 aromatic heterocycles. The standard InChI is InChI=1S/C24H27N3O4S/c1-17(2)31-22-10-9-19(32(3,29)30)16-20(22)24(28)27-14-12-26(13-15-27)23-11-8-18-6-4-5-7-21(18)25-23/h4-11,16-17H,12-15H2,1-3H3. The van der Waals surface area contributed by atoms with Crippen molar-refractivity contribution in [1.29, 1.82) is 0 Å². The lowest BCUT2D eigenvalue weighted by atomic mass is 10.1. The Morgan fingerprint density at radius 3 is 2.41 bits per heavy atom. The Hall–Kier alpha value is -3.13. The Bertz CT molecular complexity index is 1250. The maximum absolute atomic E-state index is 13.3. The summed E-state index contributed by atoms with van der Waals surface area (Å²) in [6.07, 6.45) is 0.996. The minimum absolute atomic E-state index is 0.107. The second kappa shape index (κ2) is 8.78. The van der Waals surface area contributed by atoms with Crippen LogP contribution < -0.4 is 9.64 Å². The predicted octanol–water partition coefficient (Wildman–Crippen LogP) is 3.39. The van der Waals surface area contributed by atoms with Crippen LogP contribution in [-0.4, -0.2) is 62.7 Å². The van der Waals surface area contributed by atoms with Gasteiger partial charge in [-0.1, -0.05) is 18.2 Å². The van der Waals surface area contributed by atoms with Gasteiger partial charge in [-0.25, -0.2) is 13.4 Å². The molecule has 1 fully saturated rings. The van der Waals surface area contributed by atoms with Gasteiger partial charge in [0.2, 0.25) is 0 Å². The van der Waals surface area contributed by atoms with E-state index in [0.29, 0.717) is 31.9 Å². The lowest BCUT2D eigenvalue weighted by Gasteiger charge is -2.35. The van der Waals surface area contributed by atoms with Crippen molar-refractivity contribution < 1.29 is 17.9 Å². The second-order valence-corrected chi connectivity index (χ2v) is 10.3. The lowest BCUT2D eigenvalue weighted by molar-refractivity contribution is 0.0740. The molecule has 168 valence electrons. The van der Waals surface area contributed by atoms with Crippen LogP contribution in [0.25, 0.3) is 10.9 Å². The number of para-hydroxylation sites is 1. The Morgan fingerprint density at radius 2 is 1.72 bits per heavy atom. The van der Waals surface area contributed by atoms with Crippen molar-refractivity contribution in [2.24, 2.45) is 0 Å². The van der Waals surface area contributed by atoms with Gasteiger partial charge in [-0.05, 0) is 50.2 Å². The summed E-state index contributed by atoms with van der Waals surface area (Å²) in [7, 11) is -3.44. The van der Waals surface area contributed by atoms with Gasteiger partial charge in [0.1, 0.15) is 11.6 Å². The zero-order valence-electron chi connectivity index (χ0n) is 18.5. The number of fused-ring (bicyclic) bond motifs is 1. The molecule has 2 heterocycles. The van der Waals surface area contributed by atoms with E-state index in [1.807, 2.05) is 44.2 Å². The lowest BCUT2D eigenvalue weighted by Crippen LogP contribution is -2.49. The molecule has 2 aromatic carbocycles. The van der Waals surface area contributed by atoms with Crippen molar-refractivity contribution in [2.45, 2.75) is 24.8 Å². The zero-order valence-corrected chi connectivity index (χ0v) is 19.3. The van der Waals surface area contributed by atoms with E-state index < -0.39 is 9.84 Å². The van der Waals surface area contributed by atoms with Gasteiger partial charge in [-0.2, -0.15) is 0 Å². The number of carbonyl (C=O) groups excluding carboxylic acids is 1. The highest BCUT2D eigenvalue weighted by Crippen LogP contribution is 2.26. The first-order valence-corrected chi connectivity index (χ1v) is 12.5. The van der Waals surface area contributed by atoms with Crippen LogP contribution in [-0.2, 0) is 9.84 Å². The number of carbonyl (C=O) groups is 1. The van der Waals surface area contributed by atoms with Gasteiger partial charge >= 0.3 is 0 Å². The number of anilines is 1. The van der Waals surface area contributed by atoms with Crippen molar-refractivity contribution >= 4 is 32.5 Å². The van der Waals surface area contributed by atoms with E-state index in [-0.39, 0.29) is 22.5 Å². The van der Waals surface area contributed by atoms with Crippen LogP contribution in [0.2, 0.25) is 0 Å². The molecule has 7 nitrogen and oxygen atoms in total. The highest BCUT2D eigenvalue weighted by atomic mass is 32.2. The number of pyridine rings is 1. The fourth-order valence-electron chi connectivity index (χ4n) is 3.80. The molecule has 1 amide bonds. The van der Waals surface area contributed by atoms with E-state index in [9.17, 15) is 13.2 Å². The number of aromatic nitrogens is 1. The van der Waals surface area contributed by atoms with E-state index >= 15 is 0 Å². The third-order valence-corrected chi connectivity index (χ3v) is 6.56. The third kappa shape index (κ3) is 4.70. The molecular weight excluding hydrogens is 426 g/mol. The van der Waals surface area contributed by atoms with Crippen molar-refractivity contribution in [1.82, 2.24) is 9.88 Å². The highest BCUT2D eigenvalue weighted by Gasteiger charge is 2.26. The van der Waals surface area contributed by atoms with Gasteiger partial charge < -0.3 is 14.5 Å². The number of rotatable bonds is 5. The number of benzene rings is 2. The van der Waals surface area contributed by atoms with Gasteiger partial charge in [0.25, 0.3) is 5.91 Å². The van der Waals surface area contributed by atoms with E-state index in [1.165, 1.54) is 12.1 Å². The molecule has 0 unspecified atom stereocenters. The molecule has 0 bridgehead atoms. The Labute approximate surface area is 188 Å². The van der Waals surface area contributed by atoms with E-state index in [2.05, 4.69) is 11.0 Å². The van der Waals surface area contributed by atoms with Crippen molar-refractivity contribution in [2.75, 3.05) is 37.3 Å². The molecule has 4 rings (SSSR count). The van der Waals surface area contributed by atoms with Gasteiger partial charge in [0, 0.05) is 37.8 Å². The fourth-order valence-corrected chi connectivity index (χ4v) is 4.45. The van der Waals surface area contributed by atoms with Crippen LogP contribution in [0.3, 0.4) is 0 Å². The molecule has 3 aromatic rings. The van der Waals surface area contributed by atoms with Gasteiger partial charge in [0.15, 0.2) is 9.84 Å². The summed E-state index contributed by atoms with van der Waals surface area (Å²) in [6.45, 7) is 6.05. The first kappa shape index (κ1) is 22.1. The van der Waals surface area contributed by atoms with Crippen LogP contribution in [0.4, 0.5) is 5.82 Å². The summed E-state index contributed by atoms with van der Waals surface area (Å²) in [5.74, 6) is 1.06. The van der Waals surface area contributed by atoms with Crippen LogP contribution in [0.5, 0.6) is 5.75 Å². The molecule has 1 saturated heterocycles. The average molecular weight is 454 g/mol. The Morgan fingerprint density at radius 1 is 1.00 bits per heavy atom. The van der Waals surface area contributed by atoms with Crippen LogP contribution in [0.15, 0.2) is 59.5 Å². The summed E-state index contributed by atoms with van der Waals surface area (Å²) < 4.78 is 29.9. The first-order chi connectivity index (χ1) is 15.2. The SMILES string of the molecule is CC(C)Oc1ccc(S(C)(=O)=O)cc1C(=O)N1CCN(c2ccc3ccccc3n2)CC1. The maximum Gasteiger partial charge on any atom is 0.257 e. The molecule has 0 atom stereocenters. The van der Waals surface area contributed by atoms with Crippen molar-refractivity contribution in [3.8, 4) is 5.75 Å². The number of ether oxygens (including phenoxy) is 1. The third-order valence-electron chi connectivity index (χ3n) is 5.45. The predicted molar refractivity (Wildman–Crippen MR) is 125 cm³/mol.